The van der Waals surface area contributed by atoms with E-state index in [0.29, 0.717) is 15.7 Å². The summed E-state index contributed by atoms with van der Waals surface area (Å²) in [6, 6.07) is 12.4. The molecule has 1 aromatic carbocycles. The summed E-state index contributed by atoms with van der Waals surface area (Å²) in [5.74, 6) is 0. The Morgan fingerprint density at radius 1 is 1.11 bits per heavy atom. The molecular weight excluding hydrogens is 281 g/mol. The Kier molecular flexibility index (Phi) is 3.92. The summed E-state index contributed by atoms with van der Waals surface area (Å²) < 4.78 is 1.80. The zero-order valence-electron chi connectivity index (χ0n) is 9.64. The average molecular weight is 288 g/mol. The molecular formula is C14H7Cl2N3. The second kappa shape index (κ2) is 5.63. The van der Waals surface area contributed by atoms with Crippen LogP contribution in [0, 0.1) is 22.7 Å². The number of benzene rings is 1. The van der Waals surface area contributed by atoms with Gasteiger partial charge in [-0.2, -0.15) is 10.5 Å². The molecule has 0 atom stereocenters. The maximum absolute atomic E-state index is 8.78. The Morgan fingerprint density at radius 3 is 2.32 bits per heavy atom. The van der Waals surface area contributed by atoms with Gasteiger partial charge in [-0.05, 0) is 36.4 Å². The van der Waals surface area contributed by atoms with Gasteiger partial charge in [0.2, 0.25) is 0 Å². The smallest absolute Gasteiger partial charge is 0.131 e. The molecule has 0 N–H and O–H groups in total. The molecule has 0 bridgehead atoms. The monoisotopic (exact) mass is 287 g/mol. The van der Waals surface area contributed by atoms with Crippen molar-refractivity contribution in [3.05, 3.63) is 57.8 Å². The Bertz CT molecular complexity index is 694. The van der Waals surface area contributed by atoms with Gasteiger partial charge in [0, 0.05) is 27.6 Å². The zero-order valence-corrected chi connectivity index (χ0v) is 11.2. The first-order valence-electron chi connectivity index (χ1n) is 5.30. The molecule has 0 unspecified atom stereocenters. The molecule has 2 rings (SSSR count). The van der Waals surface area contributed by atoms with Crippen LogP contribution in [0.4, 0.5) is 0 Å². The number of allylic oxidation sites excluding steroid dienone is 1. The van der Waals surface area contributed by atoms with Crippen molar-refractivity contribution >= 4 is 29.3 Å². The fourth-order valence-corrected chi connectivity index (χ4v) is 2.18. The molecule has 1 heterocycles. The van der Waals surface area contributed by atoms with Crippen LogP contribution in [-0.2, 0) is 0 Å². The second-order valence-corrected chi connectivity index (χ2v) is 4.59. The van der Waals surface area contributed by atoms with Crippen molar-refractivity contribution in [3.63, 3.8) is 0 Å². The van der Waals surface area contributed by atoms with E-state index in [9.17, 15) is 0 Å². The lowest BCUT2D eigenvalue weighted by Gasteiger charge is -2.07. The van der Waals surface area contributed by atoms with E-state index in [1.165, 1.54) is 6.08 Å². The van der Waals surface area contributed by atoms with Crippen molar-refractivity contribution in [2.24, 2.45) is 0 Å². The first-order chi connectivity index (χ1) is 9.13. The molecule has 0 radical (unpaired) electrons. The van der Waals surface area contributed by atoms with E-state index >= 15 is 0 Å². The summed E-state index contributed by atoms with van der Waals surface area (Å²) in [5.41, 5.74) is 1.51. The molecule has 0 aliphatic heterocycles. The number of nitrogens with zero attached hydrogens (tertiary/aromatic N) is 3. The zero-order chi connectivity index (χ0) is 13.8. The molecule has 0 aliphatic rings. The maximum Gasteiger partial charge on any atom is 0.131 e. The normalized spacial score (nSPS) is 9.47. The molecule has 3 nitrogen and oxygen atoms in total. The highest BCUT2D eigenvalue weighted by Crippen LogP contribution is 2.23. The maximum atomic E-state index is 8.78. The van der Waals surface area contributed by atoms with Crippen LogP contribution in [0.15, 0.2) is 42.1 Å². The molecule has 0 aliphatic carbocycles. The first-order valence-corrected chi connectivity index (χ1v) is 6.05. The van der Waals surface area contributed by atoms with Crippen molar-refractivity contribution in [2.75, 3.05) is 0 Å². The Balaban J connectivity index is 2.54. The van der Waals surface area contributed by atoms with Gasteiger partial charge in [0.25, 0.3) is 0 Å². The van der Waals surface area contributed by atoms with Gasteiger partial charge in [-0.15, -0.1) is 0 Å². The molecule has 92 valence electrons. The van der Waals surface area contributed by atoms with E-state index in [-0.39, 0.29) is 5.57 Å². The van der Waals surface area contributed by atoms with Gasteiger partial charge in [0.1, 0.15) is 17.7 Å². The van der Waals surface area contributed by atoms with Crippen molar-refractivity contribution < 1.29 is 0 Å². The topological polar surface area (TPSA) is 52.5 Å². The standard InChI is InChI=1S/C14H7Cl2N3/c15-11-5-12(16)7-14(6-11)19-3-1-2-13(19)4-10(8-17)9-18/h1-7H. The van der Waals surface area contributed by atoms with Gasteiger partial charge in [-0.25, -0.2) is 0 Å². The SMILES string of the molecule is N#CC(C#N)=Cc1cccn1-c1cc(Cl)cc(Cl)c1. The second-order valence-electron chi connectivity index (χ2n) is 3.71. The fraction of sp³-hybridized carbons (Fsp3) is 0. The van der Waals surface area contributed by atoms with Crippen LogP contribution in [0.5, 0.6) is 0 Å². The fourth-order valence-electron chi connectivity index (χ4n) is 1.66. The molecule has 0 fully saturated rings. The Hall–Kier alpha value is -2.20. The van der Waals surface area contributed by atoms with Crippen LogP contribution < -0.4 is 0 Å². The highest BCUT2D eigenvalue weighted by atomic mass is 35.5. The highest BCUT2D eigenvalue weighted by molar-refractivity contribution is 6.34. The molecule has 19 heavy (non-hydrogen) atoms. The highest BCUT2D eigenvalue weighted by Gasteiger charge is 2.05. The average Bonchev–Trinajstić information content (AvgIpc) is 2.82. The minimum Gasteiger partial charge on any atom is -0.317 e. The van der Waals surface area contributed by atoms with Crippen molar-refractivity contribution in [3.8, 4) is 17.8 Å². The molecule has 0 spiro atoms. The van der Waals surface area contributed by atoms with E-state index in [0.717, 1.165) is 5.69 Å². The Morgan fingerprint density at radius 2 is 1.74 bits per heavy atom. The molecule has 0 amide bonds. The minimum absolute atomic E-state index is 0.0353. The van der Waals surface area contributed by atoms with Gasteiger partial charge in [0.15, 0.2) is 0 Å². The van der Waals surface area contributed by atoms with Gasteiger partial charge in [-0.3, -0.25) is 0 Å². The van der Waals surface area contributed by atoms with Gasteiger partial charge in [0.05, 0.1) is 0 Å². The third-order valence-electron chi connectivity index (χ3n) is 2.44. The van der Waals surface area contributed by atoms with Gasteiger partial charge >= 0.3 is 0 Å². The van der Waals surface area contributed by atoms with Gasteiger partial charge < -0.3 is 4.57 Å². The van der Waals surface area contributed by atoms with Crippen molar-refractivity contribution in [1.29, 1.82) is 10.5 Å². The lowest BCUT2D eigenvalue weighted by molar-refractivity contribution is 1.06. The molecule has 0 saturated carbocycles. The third kappa shape index (κ3) is 2.98. The summed E-state index contributed by atoms with van der Waals surface area (Å²) >= 11 is 11.9. The Labute approximate surface area is 120 Å². The number of nitriles is 2. The molecule has 2 aromatic rings. The van der Waals surface area contributed by atoms with Crippen molar-refractivity contribution in [2.45, 2.75) is 0 Å². The van der Waals surface area contributed by atoms with Crippen LogP contribution in [0.2, 0.25) is 10.0 Å². The number of rotatable bonds is 2. The lowest BCUT2D eigenvalue weighted by atomic mass is 10.2. The summed E-state index contributed by atoms with van der Waals surface area (Å²) in [7, 11) is 0. The number of aromatic nitrogens is 1. The summed E-state index contributed by atoms with van der Waals surface area (Å²) in [5, 5.41) is 18.6. The summed E-state index contributed by atoms with van der Waals surface area (Å²) in [6.07, 6.45) is 3.31. The number of hydrogen-bond donors (Lipinski definition) is 0. The minimum atomic E-state index is 0.0353. The first kappa shape index (κ1) is 13.2. The number of halogens is 2. The van der Waals surface area contributed by atoms with Crippen LogP contribution in [0.3, 0.4) is 0 Å². The number of hydrogen-bond acceptors (Lipinski definition) is 2. The van der Waals surface area contributed by atoms with Gasteiger partial charge in [-0.1, -0.05) is 23.2 Å². The summed E-state index contributed by atoms with van der Waals surface area (Å²) in [4.78, 5) is 0. The molecule has 1 aromatic heterocycles. The van der Waals surface area contributed by atoms with Crippen LogP contribution in [0.25, 0.3) is 11.8 Å². The lowest BCUT2D eigenvalue weighted by Crippen LogP contribution is -1.95. The van der Waals surface area contributed by atoms with Crippen molar-refractivity contribution in [1.82, 2.24) is 4.57 Å². The largest absolute Gasteiger partial charge is 0.317 e. The predicted octanol–water partition coefficient (Wildman–Crippen LogP) is 4.21. The van der Waals surface area contributed by atoms with E-state index < -0.39 is 0 Å². The van der Waals surface area contributed by atoms with Crippen LogP contribution in [-0.4, -0.2) is 4.57 Å². The van der Waals surface area contributed by atoms with E-state index in [1.54, 1.807) is 35.0 Å². The molecule has 5 heteroatoms. The summed E-state index contributed by atoms with van der Waals surface area (Å²) in [6.45, 7) is 0. The van der Waals surface area contributed by atoms with Crippen LogP contribution >= 0.6 is 23.2 Å². The quantitative estimate of drug-likeness (QED) is 0.777. The van der Waals surface area contributed by atoms with Crippen LogP contribution in [0.1, 0.15) is 5.69 Å². The molecule has 0 saturated heterocycles. The van der Waals surface area contributed by atoms with E-state index in [2.05, 4.69) is 0 Å². The van der Waals surface area contributed by atoms with E-state index in [1.807, 2.05) is 18.2 Å². The third-order valence-corrected chi connectivity index (χ3v) is 2.88. The predicted molar refractivity (Wildman–Crippen MR) is 75.0 cm³/mol. The van der Waals surface area contributed by atoms with E-state index in [4.69, 9.17) is 33.7 Å².